The van der Waals surface area contributed by atoms with Crippen molar-refractivity contribution in [3.05, 3.63) is 47.0 Å². The molecule has 0 amide bonds. The average molecular weight is 411 g/mol. The molecular formula is C19H18ClF3N4O. The first-order chi connectivity index (χ1) is 13.3. The molecule has 2 aromatic rings. The van der Waals surface area contributed by atoms with Gasteiger partial charge in [-0.3, -0.25) is 4.98 Å². The van der Waals surface area contributed by atoms with Crippen LogP contribution in [0.4, 0.5) is 18.9 Å². The molecule has 3 rings (SSSR count). The maximum Gasteiger partial charge on any atom is 0.435 e. The first kappa shape index (κ1) is 20.2. The largest absolute Gasteiger partial charge is 0.496 e. The Bertz CT molecular complexity index is 889. The Labute approximate surface area is 165 Å². The van der Waals surface area contributed by atoms with Gasteiger partial charge < -0.3 is 9.64 Å². The Balaban J connectivity index is 1.82. The summed E-state index contributed by atoms with van der Waals surface area (Å²) in [5.41, 5.74) is -0.904. The third-order valence-corrected chi connectivity index (χ3v) is 5.22. The maximum atomic E-state index is 13.3. The van der Waals surface area contributed by atoms with Gasteiger partial charge >= 0.3 is 6.18 Å². The van der Waals surface area contributed by atoms with Gasteiger partial charge in [-0.15, -0.1) is 0 Å². The highest BCUT2D eigenvalue weighted by Gasteiger charge is 2.40. The van der Waals surface area contributed by atoms with Crippen molar-refractivity contribution in [3.8, 4) is 11.8 Å². The summed E-state index contributed by atoms with van der Waals surface area (Å²) in [7, 11) is 1.55. The molecule has 0 N–H and O–H groups in total. The van der Waals surface area contributed by atoms with Crippen LogP contribution >= 0.6 is 11.6 Å². The second-order valence-corrected chi connectivity index (χ2v) is 7.20. The van der Waals surface area contributed by atoms with Crippen molar-refractivity contribution in [2.75, 3.05) is 25.1 Å². The zero-order chi connectivity index (χ0) is 20.4. The molecule has 3 heterocycles. The Morgan fingerprint density at radius 3 is 2.64 bits per heavy atom. The van der Waals surface area contributed by atoms with E-state index in [1.807, 2.05) is 0 Å². The summed E-state index contributed by atoms with van der Waals surface area (Å²) >= 11 is 5.88. The van der Waals surface area contributed by atoms with Gasteiger partial charge in [-0.25, -0.2) is 4.98 Å². The monoisotopic (exact) mass is 410 g/mol. The Morgan fingerprint density at radius 2 is 2.04 bits per heavy atom. The predicted molar refractivity (Wildman–Crippen MR) is 98.2 cm³/mol. The number of nitrogens with zero attached hydrogens (tertiary/aromatic N) is 4. The summed E-state index contributed by atoms with van der Waals surface area (Å²) in [4.78, 5) is 9.17. The molecule has 1 aliphatic heterocycles. The van der Waals surface area contributed by atoms with E-state index in [9.17, 15) is 18.4 Å². The molecule has 28 heavy (non-hydrogen) atoms. The molecule has 5 nitrogen and oxygen atoms in total. The topological polar surface area (TPSA) is 62.0 Å². The van der Waals surface area contributed by atoms with Crippen LogP contribution in [0.1, 0.15) is 24.1 Å². The van der Waals surface area contributed by atoms with Crippen molar-refractivity contribution >= 4 is 17.3 Å². The molecule has 1 fully saturated rings. The second kappa shape index (κ2) is 7.84. The van der Waals surface area contributed by atoms with Crippen molar-refractivity contribution in [1.82, 2.24) is 9.97 Å². The molecule has 2 aromatic heterocycles. The van der Waals surface area contributed by atoms with Crippen LogP contribution in [0, 0.1) is 16.7 Å². The van der Waals surface area contributed by atoms with Gasteiger partial charge in [0, 0.05) is 37.2 Å². The lowest BCUT2D eigenvalue weighted by Gasteiger charge is -2.39. The van der Waals surface area contributed by atoms with E-state index in [1.54, 1.807) is 30.5 Å². The number of pyridine rings is 2. The van der Waals surface area contributed by atoms with Crippen LogP contribution in [-0.2, 0) is 12.6 Å². The quantitative estimate of drug-likeness (QED) is 0.742. The number of hydrogen-bond acceptors (Lipinski definition) is 5. The summed E-state index contributed by atoms with van der Waals surface area (Å²) < 4.78 is 45.3. The minimum atomic E-state index is -4.58. The van der Waals surface area contributed by atoms with Gasteiger partial charge in [-0.05, 0) is 31.4 Å². The molecule has 148 valence electrons. The molecule has 0 bridgehead atoms. The second-order valence-electron chi connectivity index (χ2n) is 6.76. The van der Waals surface area contributed by atoms with E-state index >= 15 is 0 Å². The highest BCUT2D eigenvalue weighted by Crippen LogP contribution is 2.41. The average Bonchev–Trinajstić information content (AvgIpc) is 2.68. The lowest BCUT2D eigenvalue weighted by molar-refractivity contribution is -0.140. The summed E-state index contributed by atoms with van der Waals surface area (Å²) in [6, 6.07) is 5.38. The third-order valence-electron chi connectivity index (χ3n) is 5.01. The summed E-state index contributed by atoms with van der Waals surface area (Å²) in [6.07, 6.45) is 0.922. The van der Waals surface area contributed by atoms with Gasteiger partial charge in [0.2, 0.25) is 0 Å². The minimum Gasteiger partial charge on any atom is -0.496 e. The van der Waals surface area contributed by atoms with Gasteiger partial charge in [0.25, 0.3) is 0 Å². The van der Waals surface area contributed by atoms with E-state index in [2.05, 4.69) is 16.0 Å². The highest BCUT2D eigenvalue weighted by atomic mass is 35.5. The highest BCUT2D eigenvalue weighted by molar-refractivity contribution is 6.30. The summed E-state index contributed by atoms with van der Waals surface area (Å²) in [5.74, 6) is 0.644. The van der Waals surface area contributed by atoms with Crippen LogP contribution in [0.2, 0.25) is 5.02 Å². The first-order valence-corrected chi connectivity index (χ1v) is 9.02. The van der Waals surface area contributed by atoms with Crippen molar-refractivity contribution < 1.29 is 17.9 Å². The number of halogens is 4. The van der Waals surface area contributed by atoms with Gasteiger partial charge in [0.15, 0.2) is 5.69 Å². The molecule has 9 heteroatoms. The molecular weight excluding hydrogens is 393 g/mol. The third kappa shape index (κ3) is 4.14. The van der Waals surface area contributed by atoms with Crippen molar-refractivity contribution in [2.45, 2.75) is 25.4 Å². The fourth-order valence-corrected chi connectivity index (χ4v) is 3.65. The smallest absolute Gasteiger partial charge is 0.435 e. The van der Waals surface area contributed by atoms with E-state index < -0.39 is 17.3 Å². The van der Waals surface area contributed by atoms with Gasteiger partial charge in [0.1, 0.15) is 5.75 Å². The van der Waals surface area contributed by atoms with E-state index in [0.717, 1.165) is 11.8 Å². The van der Waals surface area contributed by atoms with Crippen molar-refractivity contribution in [2.24, 2.45) is 5.41 Å². The number of hydrogen-bond donors (Lipinski definition) is 0. The molecule has 0 atom stereocenters. The molecule has 0 aromatic carbocycles. The molecule has 0 radical (unpaired) electrons. The fraction of sp³-hybridized carbons (Fsp3) is 0.421. The molecule has 0 spiro atoms. The number of aromatic nitrogens is 2. The standard InChI is InChI=1S/C19H18ClF3N4O/c1-28-16-2-5-25-10-13(16)9-18(12-24)3-6-27(7-4-18)15-8-14(20)11-26-17(15)19(21,22)23/h2,5,8,10-11H,3-4,6-7,9H2,1H3. The first-order valence-electron chi connectivity index (χ1n) is 8.64. The van der Waals surface area contributed by atoms with Crippen LogP contribution in [0.25, 0.3) is 0 Å². The van der Waals surface area contributed by atoms with Crippen LogP contribution in [0.15, 0.2) is 30.7 Å². The van der Waals surface area contributed by atoms with Crippen molar-refractivity contribution in [3.63, 3.8) is 0 Å². The number of nitriles is 1. The predicted octanol–water partition coefficient (Wildman–Crippen LogP) is 4.51. The Hall–Kier alpha value is -2.53. The van der Waals surface area contributed by atoms with Gasteiger partial charge in [-0.2, -0.15) is 18.4 Å². The lowest BCUT2D eigenvalue weighted by Crippen LogP contribution is -2.41. The number of ether oxygens (including phenoxy) is 1. The van der Waals surface area contributed by atoms with E-state index in [4.69, 9.17) is 16.3 Å². The molecule has 0 unspecified atom stereocenters. The number of piperidine rings is 1. The maximum absolute atomic E-state index is 13.3. The van der Waals surface area contributed by atoms with E-state index in [1.165, 1.54) is 6.07 Å². The van der Waals surface area contributed by atoms with Crippen LogP contribution in [-0.4, -0.2) is 30.2 Å². The number of rotatable bonds is 4. The Morgan fingerprint density at radius 1 is 1.32 bits per heavy atom. The molecule has 0 aliphatic carbocycles. The van der Waals surface area contributed by atoms with Crippen molar-refractivity contribution in [1.29, 1.82) is 5.26 Å². The van der Waals surface area contributed by atoms with Gasteiger partial charge in [0.05, 0.1) is 29.3 Å². The van der Waals surface area contributed by atoms with Gasteiger partial charge in [-0.1, -0.05) is 11.6 Å². The zero-order valence-electron chi connectivity index (χ0n) is 15.1. The zero-order valence-corrected chi connectivity index (χ0v) is 15.9. The van der Waals surface area contributed by atoms with Crippen LogP contribution in [0.3, 0.4) is 0 Å². The number of anilines is 1. The minimum absolute atomic E-state index is 0.0505. The molecule has 0 saturated carbocycles. The van der Waals surface area contributed by atoms with E-state index in [-0.39, 0.29) is 10.7 Å². The summed E-state index contributed by atoms with van der Waals surface area (Å²) in [5, 5.41) is 9.95. The normalized spacial score (nSPS) is 16.5. The van der Waals surface area contributed by atoms with Crippen LogP contribution < -0.4 is 9.64 Å². The summed E-state index contributed by atoms with van der Waals surface area (Å²) in [6.45, 7) is 0.586. The Kier molecular flexibility index (Phi) is 5.66. The van der Waals surface area contributed by atoms with E-state index in [0.29, 0.717) is 38.1 Å². The molecule has 1 saturated heterocycles. The SMILES string of the molecule is COc1ccncc1CC1(C#N)CCN(c2cc(Cl)cnc2C(F)(F)F)CC1. The number of methoxy groups -OCH3 is 1. The molecule has 1 aliphatic rings. The fourth-order valence-electron chi connectivity index (χ4n) is 3.50. The lowest BCUT2D eigenvalue weighted by atomic mass is 9.75. The van der Waals surface area contributed by atoms with Crippen LogP contribution in [0.5, 0.6) is 5.75 Å². The number of alkyl halides is 3.